The first-order valence-electron chi connectivity index (χ1n) is 7.28. The van der Waals surface area contributed by atoms with Crippen molar-refractivity contribution in [2.24, 2.45) is 0 Å². The van der Waals surface area contributed by atoms with Gasteiger partial charge in [0.15, 0.2) is 11.5 Å². The number of hydrogen-bond donors (Lipinski definition) is 1. The van der Waals surface area contributed by atoms with Crippen LogP contribution in [0.1, 0.15) is 43.2 Å². The minimum Gasteiger partial charge on any atom is -0.486 e. The molecule has 0 amide bonds. The topological polar surface area (TPSA) is 55.8 Å². The molecule has 108 valence electrons. The van der Waals surface area contributed by atoms with Crippen molar-refractivity contribution >= 4 is 5.97 Å². The van der Waals surface area contributed by atoms with Gasteiger partial charge < -0.3 is 14.6 Å². The minimum atomic E-state index is -0.751. The molecule has 3 rings (SSSR count). The van der Waals surface area contributed by atoms with Crippen LogP contribution in [-0.4, -0.2) is 24.3 Å². The van der Waals surface area contributed by atoms with Crippen LogP contribution in [0.5, 0.6) is 11.5 Å². The highest BCUT2D eigenvalue weighted by Gasteiger charge is 2.42. The third-order valence-electron chi connectivity index (χ3n) is 4.50. The first-order valence-corrected chi connectivity index (χ1v) is 7.28. The van der Waals surface area contributed by atoms with Gasteiger partial charge in [-0.15, -0.1) is 0 Å². The second kappa shape index (κ2) is 5.00. The summed E-state index contributed by atoms with van der Waals surface area (Å²) in [7, 11) is 0. The van der Waals surface area contributed by atoms with Gasteiger partial charge in [0.05, 0.1) is 5.41 Å². The second-order valence-corrected chi connectivity index (χ2v) is 5.77. The summed E-state index contributed by atoms with van der Waals surface area (Å²) in [5.74, 6) is 0.738. The van der Waals surface area contributed by atoms with E-state index in [1.54, 1.807) is 0 Å². The van der Waals surface area contributed by atoms with Gasteiger partial charge in [-0.1, -0.05) is 25.3 Å². The number of carboxylic acid groups (broad SMARTS) is 1. The van der Waals surface area contributed by atoms with Crippen LogP contribution in [0.3, 0.4) is 0 Å². The van der Waals surface area contributed by atoms with Crippen molar-refractivity contribution in [3.8, 4) is 11.5 Å². The lowest BCUT2D eigenvalue weighted by molar-refractivity contribution is -0.145. The monoisotopic (exact) mass is 276 g/mol. The lowest BCUT2D eigenvalue weighted by Gasteiger charge is -2.34. The van der Waals surface area contributed by atoms with Gasteiger partial charge in [-0.05, 0) is 37.0 Å². The zero-order chi connectivity index (χ0) is 14.2. The maximum absolute atomic E-state index is 11.9. The SMILES string of the molecule is Cc1cc(C2(C(=O)O)CCCCC2)cc2c1OCCO2. The molecule has 1 heterocycles. The van der Waals surface area contributed by atoms with Crippen molar-refractivity contribution in [3.63, 3.8) is 0 Å². The molecule has 0 aromatic heterocycles. The standard InChI is InChI=1S/C16H20O4/c1-11-9-12(10-13-14(11)20-8-7-19-13)16(15(17)18)5-3-2-4-6-16/h9-10H,2-8H2,1H3,(H,17,18). The van der Waals surface area contributed by atoms with Crippen LogP contribution >= 0.6 is 0 Å². The number of ether oxygens (including phenoxy) is 2. The molecule has 0 spiro atoms. The molecule has 20 heavy (non-hydrogen) atoms. The Morgan fingerprint density at radius 1 is 1.15 bits per heavy atom. The van der Waals surface area contributed by atoms with Gasteiger partial charge in [-0.25, -0.2) is 0 Å². The van der Waals surface area contributed by atoms with E-state index >= 15 is 0 Å². The van der Waals surface area contributed by atoms with E-state index in [-0.39, 0.29) is 0 Å². The number of aryl methyl sites for hydroxylation is 1. The summed E-state index contributed by atoms with van der Waals surface area (Å²) < 4.78 is 11.3. The molecule has 2 aliphatic rings. The van der Waals surface area contributed by atoms with Crippen LogP contribution in [0.25, 0.3) is 0 Å². The van der Waals surface area contributed by atoms with E-state index in [1.165, 1.54) is 0 Å². The highest BCUT2D eigenvalue weighted by molar-refractivity contribution is 5.82. The zero-order valence-corrected chi connectivity index (χ0v) is 11.8. The average molecular weight is 276 g/mol. The van der Waals surface area contributed by atoms with Crippen LogP contribution in [-0.2, 0) is 10.2 Å². The van der Waals surface area contributed by atoms with E-state index in [9.17, 15) is 9.90 Å². The van der Waals surface area contributed by atoms with Crippen molar-refractivity contribution in [2.45, 2.75) is 44.4 Å². The van der Waals surface area contributed by atoms with Gasteiger partial charge in [-0.2, -0.15) is 0 Å². The lowest BCUT2D eigenvalue weighted by atomic mass is 9.69. The summed E-state index contributed by atoms with van der Waals surface area (Å²) in [6, 6.07) is 3.84. The number of benzene rings is 1. The molecule has 0 bridgehead atoms. The molecule has 0 saturated heterocycles. The molecule has 1 aliphatic heterocycles. The Labute approximate surface area is 118 Å². The molecule has 0 radical (unpaired) electrons. The number of carboxylic acids is 1. The molecule has 0 atom stereocenters. The Bertz CT molecular complexity index is 530. The number of carbonyl (C=O) groups is 1. The van der Waals surface area contributed by atoms with E-state index in [2.05, 4.69) is 0 Å². The normalized spacial score (nSPS) is 20.4. The van der Waals surface area contributed by atoms with Gasteiger partial charge >= 0.3 is 5.97 Å². The van der Waals surface area contributed by atoms with Crippen molar-refractivity contribution in [3.05, 3.63) is 23.3 Å². The first kappa shape index (κ1) is 13.3. The Kier molecular flexibility index (Phi) is 3.32. The largest absolute Gasteiger partial charge is 0.486 e. The molecule has 4 nitrogen and oxygen atoms in total. The van der Waals surface area contributed by atoms with Crippen molar-refractivity contribution in [2.75, 3.05) is 13.2 Å². The Morgan fingerprint density at radius 3 is 2.55 bits per heavy atom. The Balaban J connectivity index is 2.07. The van der Waals surface area contributed by atoms with Gasteiger partial charge in [-0.3, -0.25) is 4.79 Å². The zero-order valence-electron chi connectivity index (χ0n) is 11.8. The van der Waals surface area contributed by atoms with Crippen molar-refractivity contribution in [1.82, 2.24) is 0 Å². The number of rotatable bonds is 2. The predicted octanol–water partition coefficient (Wildman–Crippen LogP) is 3.05. The molecule has 1 aliphatic carbocycles. The van der Waals surface area contributed by atoms with Crippen LogP contribution < -0.4 is 9.47 Å². The van der Waals surface area contributed by atoms with E-state index < -0.39 is 11.4 Å². The molecule has 4 heteroatoms. The molecule has 1 aromatic rings. The summed E-state index contributed by atoms with van der Waals surface area (Å²) >= 11 is 0. The third-order valence-corrected chi connectivity index (χ3v) is 4.50. The summed E-state index contributed by atoms with van der Waals surface area (Å²) in [5, 5.41) is 9.77. The molecule has 0 unspecified atom stereocenters. The molecular formula is C16H20O4. The quantitative estimate of drug-likeness (QED) is 0.902. The predicted molar refractivity (Wildman–Crippen MR) is 74.6 cm³/mol. The molecular weight excluding hydrogens is 256 g/mol. The number of aliphatic carboxylic acids is 1. The summed E-state index contributed by atoms with van der Waals surface area (Å²) in [6.45, 7) is 3.03. The number of fused-ring (bicyclic) bond motifs is 1. The fourth-order valence-electron chi connectivity index (χ4n) is 3.39. The maximum Gasteiger partial charge on any atom is 0.314 e. The van der Waals surface area contributed by atoms with E-state index in [1.807, 2.05) is 19.1 Å². The van der Waals surface area contributed by atoms with E-state index in [4.69, 9.17) is 9.47 Å². The highest BCUT2D eigenvalue weighted by Crippen LogP contribution is 2.44. The second-order valence-electron chi connectivity index (χ2n) is 5.77. The first-order chi connectivity index (χ1) is 9.63. The third kappa shape index (κ3) is 2.03. The smallest absolute Gasteiger partial charge is 0.314 e. The van der Waals surface area contributed by atoms with Gasteiger partial charge in [0.1, 0.15) is 13.2 Å². The maximum atomic E-state index is 11.9. The van der Waals surface area contributed by atoms with Crippen LogP contribution in [0, 0.1) is 6.92 Å². The molecule has 1 fully saturated rings. The lowest BCUT2D eigenvalue weighted by Crippen LogP contribution is -2.38. The van der Waals surface area contributed by atoms with Gasteiger partial charge in [0.2, 0.25) is 0 Å². The van der Waals surface area contributed by atoms with Crippen molar-refractivity contribution < 1.29 is 19.4 Å². The molecule has 1 aromatic carbocycles. The Hall–Kier alpha value is -1.71. The van der Waals surface area contributed by atoms with Crippen LogP contribution in [0.4, 0.5) is 0 Å². The van der Waals surface area contributed by atoms with E-state index in [0.29, 0.717) is 31.8 Å². The summed E-state index contributed by atoms with van der Waals surface area (Å²) in [4.78, 5) is 11.9. The van der Waals surface area contributed by atoms with Gasteiger partial charge in [0, 0.05) is 0 Å². The fourth-order valence-corrected chi connectivity index (χ4v) is 3.39. The van der Waals surface area contributed by atoms with Crippen molar-refractivity contribution in [1.29, 1.82) is 0 Å². The highest BCUT2D eigenvalue weighted by atomic mass is 16.6. The van der Waals surface area contributed by atoms with Crippen LogP contribution in [0.15, 0.2) is 12.1 Å². The summed E-state index contributed by atoms with van der Waals surface area (Å²) in [5.41, 5.74) is 1.08. The summed E-state index contributed by atoms with van der Waals surface area (Å²) in [6.07, 6.45) is 4.49. The average Bonchev–Trinajstić information content (AvgIpc) is 2.48. The fraction of sp³-hybridized carbons (Fsp3) is 0.562. The molecule has 1 saturated carbocycles. The molecule has 1 N–H and O–H groups in total. The Morgan fingerprint density at radius 2 is 1.85 bits per heavy atom. The number of hydrogen-bond acceptors (Lipinski definition) is 3. The minimum absolute atomic E-state index is 0.524. The van der Waals surface area contributed by atoms with Gasteiger partial charge in [0.25, 0.3) is 0 Å². The van der Waals surface area contributed by atoms with E-state index in [0.717, 1.165) is 36.1 Å². The van der Waals surface area contributed by atoms with Crippen LogP contribution in [0.2, 0.25) is 0 Å².